The zero-order chi connectivity index (χ0) is 10.4. The number of rotatable bonds is 2. The number of esters is 1. The quantitative estimate of drug-likeness (QED) is 0.620. The zero-order valence-electron chi connectivity index (χ0n) is 8.37. The number of ether oxygens (including phenoxy) is 4. The van der Waals surface area contributed by atoms with Crippen molar-refractivity contribution in [3.05, 3.63) is 11.5 Å². The van der Waals surface area contributed by atoms with Gasteiger partial charge in [0.1, 0.15) is 12.4 Å². The molecule has 1 aliphatic heterocycles. The SMILES string of the molecule is CCOC(=O)C1=C(C)OCOCCO1. The summed E-state index contributed by atoms with van der Waals surface area (Å²) in [6.07, 6.45) is 0. The summed E-state index contributed by atoms with van der Waals surface area (Å²) >= 11 is 0. The van der Waals surface area contributed by atoms with Crippen LogP contribution in [0, 0.1) is 0 Å². The molecule has 1 aliphatic rings. The van der Waals surface area contributed by atoms with Gasteiger partial charge in [0, 0.05) is 0 Å². The van der Waals surface area contributed by atoms with Crippen molar-refractivity contribution < 1.29 is 23.7 Å². The van der Waals surface area contributed by atoms with Crippen LogP contribution < -0.4 is 0 Å². The van der Waals surface area contributed by atoms with Crippen LogP contribution in [0.5, 0.6) is 0 Å². The Morgan fingerprint density at radius 1 is 1.43 bits per heavy atom. The molecule has 5 heteroatoms. The van der Waals surface area contributed by atoms with Crippen molar-refractivity contribution in [3.63, 3.8) is 0 Å². The minimum atomic E-state index is -0.494. The summed E-state index contributed by atoms with van der Waals surface area (Å²) in [6.45, 7) is 4.56. The van der Waals surface area contributed by atoms with E-state index in [-0.39, 0.29) is 12.6 Å². The lowest BCUT2D eigenvalue weighted by atomic mass is 10.4. The second kappa shape index (κ2) is 5.49. The molecule has 80 valence electrons. The Balaban J connectivity index is 2.68. The number of carbonyl (C=O) groups is 1. The van der Waals surface area contributed by atoms with E-state index in [1.807, 2.05) is 0 Å². The molecule has 0 fully saturated rings. The summed E-state index contributed by atoms with van der Waals surface area (Å²) in [5, 5.41) is 0. The Bertz CT molecular complexity index is 233. The van der Waals surface area contributed by atoms with Gasteiger partial charge < -0.3 is 18.9 Å². The summed E-state index contributed by atoms with van der Waals surface area (Å²) in [6, 6.07) is 0. The Labute approximate surface area is 82.6 Å². The average molecular weight is 202 g/mol. The van der Waals surface area contributed by atoms with Crippen LogP contribution in [0.4, 0.5) is 0 Å². The summed E-state index contributed by atoms with van der Waals surface area (Å²) < 4.78 is 20.1. The fourth-order valence-electron chi connectivity index (χ4n) is 0.958. The van der Waals surface area contributed by atoms with Crippen molar-refractivity contribution in [2.45, 2.75) is 13.8 Å². The van der Waals surface area contributed by atoms with Gasteiger partial charge in [-0.15, -0.1) is 0 Å². The van der Waals surface area contributed by atoms with Crippen molar-refractivity contribution in [2.75, 3.05) is 26.6 Å². The third-order valence-corrected chi connectivity index (χ3v) is 1.61. The highest BCUT2D eigenvalue weighted by Crippen LogP contribution is 2.11. The highest BCUT2D eigenvalue weighted by Gasteiger charge is 2.18. The van der Waals surface area contributed by atoms with E-state index >= 15 is 0 Å². The van der Waals surface area contributed by atoms with Crippen LogP contribution in [0.3, 0.4) is 0 Å². The summed E-state index contributed by atoms with van der Waals surface area (Å²) in [5.41, 5.74) is 0. The van der Waals surface area contributed by atoms with Gasteiger partial charge in [0.25, 0.3) is 0 Å². The first-order chi connectivity index (χ1) is 6.75. The summed E-state index contributed by atoms with van der Waals surface area (Å²) in [5.74, 6) is 0.0326. The predicted octanol–water partition coefficient (Wildman–Crippen LogP) is 0.802. The van der Waals surface area contributed by atoms with Gasteiger partial charge in [0.2, 0.25) is 5.76 Å². The maximum absolute atomic E-state index is 11.3. The molecule has 0 unspecified atom stereocenters. The van der Waals surface area contributed by atoms with Gasteiger partial charge in [-0.2, -0.15) is 0 Å². The standard InChI is InChI=1S/C9H14O5/c1-3-12-9(10)8-7(2)14-6-11-4-5-13-8/h3-6H2,1-2H3. The van der Waals surface area contributed by atoms with E-state index in [1.165, 1.54) is 0 Å². The van der Waals surface area contributed by atoms with Crippen molar-refractivity contribution in [1.29, 1.82) is 0 Å². The third kappa shape index (κ3) is 2.92. The number of carbonyl (C=O) groups excluding carboxylic acids is 1. The van der Waals surface area contributed by atoms with Crippen LogP contribution >= 0.6 is 0 Å². The van der Waals surface area contributed by atoms with Crippen molar-refractivity contribution in [3.8, 4) is 0 Å². The Morgan fingerprint density at radius 3 is 2.93 bits per heavy atom. The van der Waals surface area contributed by atoms with E-state index in [0.717, 1.165) is 0 Å². The van der Waals surface area contributed by atoms with E-state index in [1.54, 1.807) is 13.8 Å². The molecule has 0 saturated carbocycles. The minimum Gasteiger partial charge on any atom is -0.482 e. The number of hydrogen-bond acceptors (Lipinski definition) is 5. The second-order valence-electron chi connectivity index (χ2n) is 2.62. The van der Waals surface area contributed by atoms with Crippen LogP contribution in [-0.2, 0) is 23.7 Å². The lowest BCUT2D eigenvalue weighted by Gasteiger charge is -2.16. The first kappa shape index (κ1) is 10.8. The van der Waals surface area contributed by atoms with Gasteiger partial charge in [-0.05, 0) is 13.8 Å². The van der Waals surface area contributed by atoms with Crippen LogP contribution in [0.15, 0.2) is 11.5 Å². The molecule has 0 radical (unpaired) electrons. The molecule has 14 heavy (non-hydrogen) atoms. The number of hydrogen-bond donors (Lipinski definition) is 0. The fourth-order valence-corrected chi connectivity index (χ4v) is 0.958. The molecule has 0 aromatic heterocycles. The van der Waals surface area contributed by atoms with E-state index in [2.05, 4.69) is 0 Å². The largest absolute Gasteiger partial charge is 0.482 e. The van der Waals surface area contributed by atoms with Gasteiger partial charge >= 0.3 is 5.97 Å². The van der Waals surface area contributed by atoms with E-state index in [9.17, 15) is 4.79 Å². The van der Waals surface area contributed by atoms with Crippen molar-refractivity contribution in [1.82, 2.24) is 0 Å². The molecule has 0 amide bonds. The van der Waals surface area contributed by atoms with Gasteiger partial charge in [0.05, 0.1) is 13.2 Å². The third-order valence-electron chi connectivity index (χ3n) is 1.61. The normalized spacial score (nSPS) is 17.6. The molecule has 0 bridgehead atoms. The molecular formula is C9H14O5. The lowest BCUT2D eigenvalue weighted by molar-refractivity contribution is -0.145. The zero-order valence-corrected chi connectivity index (χ0v) is 8.37. The second-order valence-corrected chi connectivity index (χ2v) is 2.62. The van der Waals surface area contributed by atoms with Gasteiger partial charge in [-0.1, -0.05) is 0 Å². The lowest BCUT2D eigenvalue weighted by Crippen LogP contribution is -2.19. The Morgan fingerprint density at radius 2 is 2.21 bits per heavy atom. The molecule has 0 atom stereocenters. The highest BCUT2D eigenvalue weighted by molar-refractivity contribution is 5.86. The summed E-state index contributed by atoms with van der Waals surface area (Å²) in [7, 11) is 0. The van der Waals surface area contributed by atoms with Crippen LogP contribution in [0.25, 0.3) is 0 Å². The molecular weight excluding hydrogens is 188 g/mol. The first-order valence-corrected chi connectivity index (χ1v) is 4.47. The maximum Gasteiger partial charge on any atom is 0.377 e. The minimum absolute atomic E-state index is 0.134. The van der Waals surface area contributed by atoms with Gasteiger partial charge in [-0.25, -0.2) is 4.79 Å². The van der Waals surface area contributed by atoms with Gasteiger partial charge in [-0.3, -0.25) is 0 Å². The fraction of sp³-hybridized carbons (Fsp3) is 0.667. The molecule has 5 nitrogen and oxygen atoms in total. The van der Waals surface area contributed by atoms with Crippen LogP contribution in [-0.4, -0.2) is 32.6 Å². The van der Waals surface area contributed by atoms with Crippen LogP contribution in [0.2, 0.25) is 0 Å². The van der Waals surface area contributed by atoms with E-state index in [4.69, 9.17) is 18.9 Å². The molecule has 0 aromatic carbocycles. The maximum atomic E-state index is 11.3. The van der Waals surface area contributed by atoms with Crippen molar-refractivity contribution in [2.24, 2.45) is 0 Å². The molecule has 0 spiro atoms. The molecule has 0 aromatic rings. The molecule has 1 heterocycles. The first-order valence-electron chi connectivity index (χ1n) is 4.47. The predicted molar refractivity (Wildman–Crippen MR) is 47.2 cm³/mol. The topological polar surface area (TPSA) is 54.0 Å². The Hall–Kier alpha value is -1.23. The van der Waals surface area contributed by atoms with Crippen LogP contribution in [0.1, 0.15) is 13.8 Å². The van der Waals surface area contributed by atoms with E-state index < -0.39 is 5.97 Å². The molecule has 0 aliphatic carbocycles. The average Bonchev–Trinajstić information content (AvgIpc) is 2.12. The van der Waals surface area contributed by atoms with Gasteiger partial charge in [0.15, 0.2) is 6.79 Å². The molecule has 0 N–H and O–H groups in total. The monoisotopic (exact) mass is 202 g/mol. The highest BCUT2D eigenvalue weighted by atomic mass is 16.7. The van der Waals surface area contributed by atoms with Crippen molar-refractivity contribution >= 4 is 5.97 Å². The number of allylic oxidation sites excluding steroid dienone is 1. The smallest absolute Gasteiger partial charge is 0.377 e. The molecule has 0 saturated heterocycles. The van der Waals surface area contributed by atoms with E-state index in [0.29, 0.717) is 25.6 Å². The Kier molecular flexibility index (Phi) is 4.25. The molecule has 1 rings (SSSR count). The summed E-state index contributed by atoms with van der Waals surface area (Å²) in [4.78, 5) is 11.3.